The minimum absolute atomic E-state index is 0.0418. The molecule has 1 aromatic heterocycles. The van der Waals surface area contributed by atoms with Crippen molar-refractivity contribution in [1.82, 2.24) is 9.78 Å². The molecule has 20 heavy (non-hydrogen) atoms. The second-order valence-corrected chi connectivity index (χ2v) is 5.44. The van der Waals surface area contributed by atoms with Gasteiger partial charge in [0.05, 0.1) is 5.69 Å². The highest BCUT2D eigenvalue weighted by molar-refractivity contribution is 9.10. The van der Waals surface area contributed by atoms with Crippen LogP contribution in [-0.2, 0) is 19.4 Å². The van der Waals surface area contributed by atoms with Gasteiger partial charge in [0.1, 0.15) is 11.5 Å². The van der Waals surface area contributed by atoms with Gasteiger partial charge in [-0.2, -0.15) is 5.10 Å². The van der Waals surface area contributed by atoms with Gasteiger partial charge in [-0.25, -0.2) is 4.39 Å². The van der Waals surface area contributed by atoms with Gasteiger partial charge in [-0.1, -0.05) is 22.9 Å². The van der Waals surface area contributed by atoms with E-state index >= 15 is 0 Å². The summed E-state index contributed by atoms with van der Waals surface area (Å²) in [4.78, 5) is 12.3. The van der Waals surface area contributed by atoms with Crippen LogP contribution in [0.5, 0.6) is 0 Å². The van der Waals surface area contributed by atoms with E-state index in [2.05, 4.69) is 21.0 Å². The summed E-state index contributed by atoms with van der Waals surface area (Å²) in [6.45, 7) is 4.55. The average Bonchev–Trinajstić information content (AvgIpc) is 2.86. The van der Waals surface area contributed by atoms with E-state index in [4.69, 9.17) is 0 Å². The monoisotopic (exact) mass is 338 g/mol. The zero-order valence-corrected chi connectivity index (χ0v) is 13.1. The van der Waals surface area contributed by atoms with E-state index in [1.165, 1.54) is 6.07 Å². The number of aryl methyl sites for hydroxylation is 2. The van der Waals surface area contributed by atoms with Crippen LogP contribution < -0.4 is 0 Å². The van der Waals surface area contributed by atoms with Gasteiger partial charge >= 0.3 is 0 Å². The molecule has 3 nitrogen and oxygen atoms in total. The third-order valence-electron chi connectivity index (χ3n) is 3.14. The Kier molecular flexibility index (Phi) is 4.70. The molecule has 0 radical (unpaired) electrons. The van der Waals surface area contributed by atoms with Crippen LogP contribution in [0.2, 0.25) is 0 Å². The fourth-order valence-electron chi connectivity index (χ4n) is 2.05. The Morgan fingerprint density at radius 2 is 2.10 bits per heavy atom. The van der Waals surface area contributed by atoms with Gasteiger partial charge in [0.15, 0.2) is 5.78 Å². The lowest BCUT2D eigenvalue weighted by atomic mass is 10.1. The number of ketones is 1. The van der Waals surface area contributed by atoms with Crippen LogP contribution in [0.4, 0.5) is 4.39 Å². The molecule has 0 spiro atoms. The largest absolute Gasteiger partial charge is 0.292 e. The standard InChI is InChI=1S/C15H16BrFN2O/c1-3-12-9-14(19(4-2)18-12)15(20)8-10-7-11(16)5-6-13(10)17/h5-7,9H,3-4,8H2,1-2H3. The van der Waals surface area contributed by atoms with E-state index in [0.717, 1.165) is 16.6 Å². The first kappa shape index (κ1) is 14.9. The first-order valence-corrected chi connectivity index (χ1v) is 7.38. The lowest BCUT2D eigenvalue weighted by Crippen LogP contribution is -2.12. The Labute approximate surface area is 125 Å². The third kappa shape index (κ3) is 3.15. The van der Waals surface area contributed by atoms with Crippen LogP contribution in [0.15, 0.2) is 28.7 Å². The van der Waals surface area contributed by atoms with Gasteiger partial charge in [0.2, 0.25) is 0 Å². The van der Waals surface area contributed by atoms with Gasteiger partial charge in [-0.05, 0) is 43.2 Å². The molecule has 0 saturated heterocycles. The van der Waals surface area contributed by atoms with Gasteiger partial charge in [-0.3, -0.25) is 9.48 Å². The zero-order chi connectivity index (χ0) is 14.7. The second kappa shape index (κ2) is 6.31. The molecule has 0 N–H and O–H groups in total. The Morgan fingerprint density at radius 1 is 1.35 bits per heavy atom. The summed E-state index contributed by atoms with van der Waals surface area (Å²) in [5, 5.41) is 4.34. The predicted octanol–water partition coefficient (Wildman–Crippen LogP) is 3.79. The highest BCUT2D eigenvalue weighted by Gasteiger charge is 2.16. The maximum absolute atomic E-state index is 13.7. The molecule has 0 saturated carbocycles. The van der Waals surface area contributed by atoms with Gasteiger partial charge in [-0.15, -0.1) is 0 Å². The van der Waals surface area contributed by atoms with Crippen LogP contribution in [0.1, 0.15) is 35.6 Å². The number of hydrogen-bond acceptors (Lipinski definition) is 2. The first-order chi connectivity index (χ1) is 9.55. The van der Waals surface area contributed by atoms with E-state index in [0.29, 0.717) is 17.8 Å². The maximum Gasteiger partial charge on any atom is 0.185 e. The van der Waals surface area contributed by atoms with Crippen molar-refractivity contribution in [2.75, 3.05) is 0 Å². The highest BCUT2D eigenvalue weighted by atomic mass is 79.9. The third-order valence-corrected chi connectivity index (χ3v) is 3.63. The lowest BCUT2D eigenvalue weighted by Gasteiger charge is -2.05. The smallest absolute Gasteiger partial charge is 0.185 e. The molecular weight excluding hydrogens is 323 g/mol. The molecule has 0 aliphatic heterocycles. The summed E-state index contributed by atoms with van der Waals surface area (Å²) in [7, 11) is 0. The molecule has 106 valence electrons. The molecule has 1 heterocycles. The molecule has 0 bridgehead atoms. The summed E-state index contributed by atoms with van der Waals surface area (Å²) in [6, 6.07) is 6.42. The fraction of sp³-hybridized carbons (Fsp3) is 0.333. The number of nitrogens with zero attached hydrogens (tertiary/aromatic N) is 2. The summed E-state index contributed by atoms with van der Waals surface area (Å²) >= 11 is 3.29. The molecule has 0 amide bonds. The van der Waals surface area contributed by atoms with E-state index in [1.807, 2.05) is 13.8 Å². The van der Waals surface area contributed by atoms with Crippen molar-refractivity contribution in [3.05, 3.63) is 51.5 Å². The minimum atomic E-state index is -0.361. The van der Waals surface area contributed by atoms with Crippen molar-refractivity contribution in [3.8, 4) is 0 Å². The molecular formula is C15H16BrFN2O. The van der Waals surface area contributed by atoms with Gasteiger partial charge in [0.25, 0.3) is 0 Å². The summed E-state index contributed by atoms with van der Waals surface area (Å²) in [6.07, 6.45) is 0.818. The van der Waals surface area contributed by atoms with Crippen LogP contribution in [0, 0.1) is 5.82 Å². The van der Waals surface area contributed by atoms with Crippen molar-refractivity contribution < 1.29 is 9.18 Å². The number of halogens is 2. The highest BCUT2D eigenvalue weighted by Crippen LogP contribution is 2.18. The molecule has 1 aromatic carbocycles. The SMILES string of the molecule is CCc1cc(C(=O)Cc2cc(Br)ccc2F)n(CC)n1. The zero-order valence-electron chi connectivity index (χ0n) is 11.5. The van der Waals surface area contributed by atoms with Crippen molar-refractivity contribution in [2.45, 2.75) is 33.2 Å². The lowest BCUT2D eigenvalue weighted by molar-refractivity contribution is 0.0981. The number of benzene rings is 1. The fourth-order valence-corrected chi connectivity index (χ4v) is 2.46. The predicted molar refractivity (Wildman–Crippen MR) is 79.4 cm³/mol. The molecule has 0 aliphatic rings. The van der Waals surface area contributed by atoms with Crippen molar-refractivity contribution in [1.29, 1.82) is 0 Å². The number of carbonyl (C=O) groups excluding carboxylic acids is 1. The second-order valence-electron chi connectivity index (χ2n) is 4.53. The molecule has 0 unspecified atom stereocenters. The molecule has 5 heteroatoms. The number of rotatable bonds is 5. The van der Waals surface area contributed by atoms with E-state index < -0.39 is 0 Å². The Hall–Kier alpha value is -1.49. The number of hydrogen-bond donors (Lipinski definition) is 0. The minimum Gasteiger partial charge on any atom is -0.292 e. The Bertz CT molecular complexity index is 637. The average molecular weight is 339 g/mol. The van der Waals surface area contributed by atoms with Crippen LogP contribution in [0.25, 0.3) is 0 Å². The van der Waals surface area contributed by atoms with Crippen molar-refractivity contribution >= 4 is 21.7 Å². The Morgan fingerprint density at radius 3 is 2.75 bits per heavy atom. The quantitative estimate of drug-likeness (QED) is 0.777. The molecule has 0 atom stereocenters. The van der Waals surface area contributed by atoms with E-state index in [-0.39, 0.29) is 18.0 Å². The van der Waals surface area contributed by atoms with E-state index in [1.54, 1.807) is 22.9 Å². The topological polar surface area (TPSA) is 34.9 Å². The summed E-state index contributed by atoms with van der Waals surface area (Å²) in [5.74, 6) is -0.476. The van der Waals surface area contributed by atoms with Crippen molar-refractivity contribution in [3.63, 3.8) is 0 Å². The Balaban J connectivity index is 2.28. The number of carbonyl (C=O) groups is 1. The van der Waals surface area contributed by atoms with Gasteiger partial charge in [0, 0.05) is 17.4 Å². The maximum atomic E-state index is 13.7. The first-order valence-electron chi connectivity index (χ1n) is 6.59. The van der Waals surface area contributed by atoms with Crippen LogP contribution in [0.3, 0.4) is 0 Å². The summed E-state index contributed by atoms with van der Waals surface area (Å²) < 4.78 is 16.1. The summed E-state index contributed by atoms with van der Waals surface area (Å²) in [5.41, 5.74) is 1.82. The number of aromatic nitrogens is 2. The molecule has 2 rings (SSSR count). The molecule has 0 aliphatic carbocycles. The molecule has 2 aromatic rings. The number of Topliss-reactive ketones (excluding diaryl/α,β-unsaturated/α-hetero) is 1. The van der Waals surface area contributed by atoms with Gasteiger partial charge < -0.3 is 0 Å². The van der Waals surface area contributed by atoms with Crippen LogP contribution >= 0.6 is 15.9 Å². The van der Waals surface area contributed by atoms with Crippen LogP contribution in [-0.4, -0.2) is 15.6 Å². The molecule has 0 fully saturated rings. The van der Waals surface area contributed by atoms with E-state index in [9.17, 15) is 9.18 Å². The normalized spacial score (nSPS) is 10.8. The van der Waals surface area contributed by atoms with Crippen molar-refractivity contribution in [2.24, 2.45) is 0 Å².